The summed E-state index contributed by atoms with van der Waals surface area (Å²) in [5, 5.41) is 13.4. The topological polar surface area (TPSA) is 49.3 Å². The van der Waals surface area contributed by atoms with Crippen molar-refractivity contribution in [1.29, 1.82) is 0 Å². The molecule has 1 atom stereocenters. The second-order valence-electron chi connectivity index (χ2n) is 6.12. The normalized spacial score (nSPS) is 12.0. The molecule has 1 amide bonds. The summed E-state index contributed by atoms with van der Waals surface area (Å²) in [6.07, 6.45) is -0.630. The maximum Gasteiger partial charge on any atom is 0.251 e. The summed E-state index contributed by atoms with van der Waals surface area (Å²) >= 11 is 1.51. The molecule has 128 valence electrons. The van der Waals surface area contributed by atoms with Gasteiger partial charge in [0, 0.05) is 15.3 Å². The molecule has 0 fully saturated rings. The fourth-order valence-electron chi connectivity index (χ4n) is 2.77. The van der Waals surface area contributed by atoms with Gasteiger partial charge in [0.25, 0.3) is 5.91 Å². The summed E-state index contributed by atoms with van der Waals surface area (Å²) in [5.74, 6) is -0.0731. The van der Waals surface area contributed by atoms with Gasteiger partial charge in [0.15, 0.2) is 0 Å². The van der Waals surface area contributed by atoms with Crippen molar-refractivity contribution in [2.45, 2.75) is 26.5 Å². The number of rotatable bonds is 5. The number of aliphatic hydroxyl groups is 1. The zero-order chi connectivity index (χ0) is 17.8. The highest BCUT2D eigenvalue weighted by molar-refractivity contribution is 7.12. The second-order valence-corrected chi connectivity index (χ2v) is 7.32. The van der Waals surface area contributed by atoms with Crippen molar-refractivity contribution in [3.05, 3.63) is 92.7 Å². The Balaban J connectivity index is 1.65. The largest absolute Gasteiger partial charge is 0.383 e. The van der Waals surface area contributed by atoms with Crippen LogP contribution in [0.25, 0.3) is 0 Å². The van der Waals surface area contributed by atoms with E-state index >= 15 is 0 Å². The Morgan fingerprint density at radius 2 is 1.84 bits per heavy atom. The van der Waals surface area contributed by atoms with Crippen molar-refractivity contribution in [3.8, 4) is 0 Å². The third-order valence-corrected chi connectivity index (χ3v) is 5.25. The maximum absolute atomic E-state index is 12.4. The molecule has 2 aromatic carbocycles. The average molecular weight is 351 g/mol. The van der Waals surface area contributed by atoms with E-state index < -0.39 is 6.10 Å². The second kappa shape index (κ2) is 7.64. The molecule has 1 aromatic heterocycles. The number of carbonyl (C=O) groups is 1. The summed E-state index contributed by atoms with van der Waals surface area (Å²) in [5.41, 5.74) is 3.69. The van der Waals surface area contributed by atoms with Crippen molar-refractivity contribution < 1.29 is 9.90 Å². The Labute approximate surface area is 152 Å². The predicted molar refractivity (Wildman–Crippen MR) is 102 cm³/mol. The number of nitrogens with one attached hydrogen (secondary N) is 1. The number of benzene rings is 2. The number of hydrogen-bond donors (Lipinski definition) is 2. The molecule has 25 heavy (non-hydrogen) atoms. The molecule has 0 bridgehead atoms. The van der Waals surface area contributed by atoms with Gasteiger partial charge in [-0.15, -0.1) is 11.3 Å². The number of hydrogen-bond acceptors (Lipinski definition) is 3. The number of aryl methyl sites for hydroxylation is 2. The van der Waals surface area contributed by atoms with Crippen LogP contribution in [-0.4, -0.2) is 11.0 Å². The summed E-state index contributed by atoms with van der Waals surface area (Å²) in [7, 11) is 0. The first-order chi connectivity index (χ1) is 12.0. The van der Waals surface area contributed by atoms with E-state index in [1.807, 2.05) is 74.5 Å². The van der Waals surface area contributed by atoms with E-state index in [1.54, 1.807) is 0 Å². The molecule has 0 saturated carbocycles. The third-order valence-electron chi connectivity index (χ3n) is 4.12. The molecule has 0 aliphatic carbocycles. The molecule has 0 radical (unpaired) electrons. The third kappa shape index (κ3) is 4.16. The highest BCUT2D eigenvalue weighted by Gasteiger charge is 2.14. The Morgan fingerprint density at radius 1 is 1.08 bits per heavy atom. The Hall–Kier alpha value is -2.43. The fraction of sp³-hybridized carbons (Fsp3) is 0.190. The molecule has 4 heteroatoms. The molecular weight excluding hydrogens is 330 g/mol. The molecule has 0 spiro atoms. The van der Waals surface area contributed by atoms with Crippen molar-refractivity contribution in [3.63, 3.8) is 0 Å². The van der Waals surface area contributed by atoms with Gasteiger partial charge in [0.2, 0.25) is 0 Å². The van der Waals surface area contributed by atoms with E-state index in [0.29, 0.717) is 12.1 Å². The predicted octanol–water partition coefficient (Wildman–Crippen LogP) is 4.38. The van der Waals surface area contributed by atoms with E-state index in [9.17, 15) is 9.90 Å². The van der Waals surface area contributed by atoms with Gasteiger partial charge in [0.1, 0.15) is 6.10 Å². The van der Waals surface area contributed by atoms with Gasteiger partial charge in [-0.3, -0.25) is 4.79 Å². The lowest BCUT2D eigenvalue weighted by atomic mass is 10.1. The molecule has 0 aliphatic rings. The molecule has 0 aliphatic heterocycles. The van der Waals surface area contributed by atoms with Crippen LogP contribution in [0.2, 0.25) is 0 Å². The number of amides is 1. The van der Waals surface area contributed by atoms with Gasteiger partial charge in [0.05, 0.1) is 6.54 Å². The lowest BCUT2D eigenvalue weighted by Gasteiger charge is -2.09. The molecular formula is C21H21NO2S. The molecule has 3 rings (SSSR count). The van der Waals surface area contributed by atoms with Gasteiger partial charge in [-0.2, -0.15) is 0 Å². The van der Waals surface area contributed by atoms with E-state index in [4.69, 9.17) is 0 Å². The van der Waals surface area contributed by atoms with Crippen molar-refractivity contribution in [2.75, 3.05) is 0 Å². The number of carbonyl (C=O) groups excluding carboxylic acids is 1. The quantitative estimate of drug-likeness (QED) is 0.717. The van der Waals surface area contributed by atoms with E-state index in [0.717, 1.165) is 26.4 Å². The first-order valence-corrected chi connectivity index (χ1v) is 9.03. The van der Waals surface area contributed by atoms with E-state index in [2.05, 4.69) is 5.32 Å². The molecule has 0 saturated heterocycles. The van der Waals surface area contributed by atoms with E-state index in [-0.39, 0.29) is 5.91 Å². The standard InChI is InChI=1S/C21H21NO2S/c1-14-8-10-18(15(2)12-14)21(24)22-13-17-9-11-19(25-17)20(23)16-6-4-3-5-7-16/h3-12,20,23H,13H2,1-2H3,(H,22,24). The summed E-state index contributed by atoms with van der Waals surface area (Å²) in [6.45, 7) is 4.42. The van der Waals surface area contributed by atoms with Crippen LogP contribution in [0.1, 0.15) is 42.9 Å². The van der Waals surface area contributed by atoms with Crippen molar-refractivity contribution in [1.82, 2.24) is 5.32 Å². The van der Waals surface area contributed by atoms with Gasteiger partial charge < -0.3 is 10.4 Å². The Kier molecular flexibility index (Phi) is 5.31. The fourth-order valence-corrected chi connectivity index (χ4v) is 3.73. The highest BCUT2D eigenvalue weighted by atomic mass is 32.1. The van der Waals surface area contributed by atoms with E-state index in [1.165, 1.54) is 11.3 Å². The highest BCUT2D eigenvalue weighted by Crippen LogP contribution is 2.28. The van der Waals surface area contributed by atoms with Crippen LogP contribution in [0.4, 0.5) is 0 Å². The SMILES string of the molecule is Cc1ccc(C(=O)NCc2ccc(C(O)c3ccccc3)s2)c(C)c1. The van der Waals surface area contributed by atoms with Crippen LogP contribution in [0.15, 0.2) is 60.7 Å². The minimum Gasteiger partial charge on any atom is -0.383 e. The number of thiophene rings is 1. The van der Waals surface area contributed by atoms with Gasteiger partial charge in [-0.25, -0.2) is 0 Å². The Morgan fingerprint density at radius 3 is 2.56 bits per heavy atom. The van der Waals surface area contributed by atoms with Crippen LogP contribution in [-0.2, 0) is 6.54 Å². The van der Waals surface area contributed by atoms with Crippen LogP contribution in [0, 0.1) is 13.8 Å². The molecule has 2 N–H and O–H groups in total. The first kappa shape index (κ1) is 17.4. The van der Waals surface area contributed by atoms with Gasteiger partial charge in [-0.1, -0.05) is 48.0 Å². The summed E-state index contributed by atoms with van der Waals surface area (Å²) in [4.78, 5) is 14.2. The minimum absolute atomic E-state index is 0.0731. The monoisotopic (exact) mass is 351 g/mol. The first-order valence-electron chi connectivity index (χ1n) is 8.21. The minimum atomic E-state index is -0.630. The average Bonchev–Trinajstić information content (AvgIpc) is 3.09. The lowest BCUT2D eigenvalue weighted by Crippen LogP contribution is -2.23. The lowest BCUT2D eigenvalue weighted by molar-refractivity contribution is 0.0950. The smallest absolute Gasteiger partial charge is 0.251 e. The van der Waals surface area contributed by atoms with Crippen LogP contribution in [0.3, 0.4) is 0 Å². The maximum atomic E-state index is 12.4. The van der Waals surface area contributed by atoms with Crippen LogP contribution in [0.5, 0.6) is 0 Å². The van der Waals surface area contributed by atoms with Crippen LogP contribution >= 0.6 is 11.3 Å². The molecule has 3 aromatic rings. The molecule has 1 unspecified atom stereocenters. The summed E-state index contributed by atoms with van der Waals surface area (Å²) in [6, 6.07) is 19.3. The molecule has 3 nitrogen and oxygen atoms in total. The van der Waals surface area contributed by atoms with Gasteiger partial charge in [-0.05, 0) is 43.2 Å². The zero-order valence-electron chi connectivity index (χ0n) is 14.3. The van der Waals surface area contributed by atoms with Crippen molar-refractivity contribution in [2.24, 2.45) is 0 Å². The molecule has 1 heterocycles. The Bertz CT molecular complexity index is 871. The zero-order valence-corrected chi connectivity index (χ0v) is 15.1. The van der Waals surface area contributed by atoms with Crippen molar-refractivity contribution >= 4 is 17.2 Å². The number of aliphatic hydroxyl groups excluding tert-OH is 1. The summed E-state index contributed by atoms with van der Waals surface area (Å²) < 4.78 is 0. The van der Waals surface area contributed by atoms with Gasteiger partial charge >= 0.3 is 0 Å². The van der Waals surface area contributed by atoms with Crippen LogP contribution < -0.4 is 5.32 Å².